The van der Waals surface area contributed by atoms with E-state index in [1.165, 1.54) is 18.5 Å². The Hall–Kier alpha value is -1.04. The Morgan fingerprint density at radius 3 is 2.50 bits per heavy atom. The van der Waals surface area contributed by atoms with E-state index in [1.807, 2.05) is 0 Å². The van der Waals surface area contributed by atoms with Gasteiger partial charge in [0.1, 0.15) is 0 Å². The standard InChI is InChI=1S/C6H8F3N3/c7-6(8,9)5(4-10)12-3-1-2-11-12/h1-3,5H,4,10H2/t5-/m0/s1. The molecule has 0 bridgehead atoms. The molecule has 0 fully saturated rings. The van der Waals surface area contributed by atoms with Crippen molar-refractivity contribution in [3.05, 3.63) is 18.5 Å². The molecular formula is C6H8F3N3. The summed E-state index contributed by atoms with van der Waals surface area (Å²) in [7, 11) is 0. The van der Waals surface area contributed by atoms with Gasteiger partial charge in [0.05, 0.1) is 0 Å². The van der Waals surface area contributed by atoms with E-state index in [9.17, 15) is 13.2 Å². The first kappa shape index (κ1) is 9.05. The lowest BCUT2D eigenvalue weighted by Crippen LogP contribution is -2.33. The van der Waals surface area contributed by atoms with Gasteiger partial charge in [-0.25, -0.2) is 0 Å². The maximum absolute atomic E-state index is 12.1. The minimum atomic E-state index is -4.33. The van der Waals surface area contributed by atoms with Crippen molar-refractivity contribution in [1.29, 1.82) is 0 Å². The predicted molar refractivity (Wildman–Crippen MR) is 36.4 cm³/mol. The van der Waals surface area contributed by atoms with Crippen molar-refractivity contribution >= 4 is 0 Å². The molecule has 6 heteroatoms. The van der Waals surface area contributed by atoms with Gasteiger partial charge in [0.25, 0.3) is 0 Å². The number of rotatable bonds is 2. The van der Waals surface area contributed by atoms with Crippen molar-refractivity contribution < 1.29 is 13.2 Å². The van der Waals surface area contributed by atoms with Crippen LogP contribution in [-0.4, -0.2) is 22.5 Å². The van der Waals surface area contributed by atoms with Gasteiger partial charge in [0.2, 0.25) is 0 Å². The van der Waals surface area contributed by atoms with Crippen LogP contribution in [0, 0.1) is 0 Å². The van der Waals surface area contributed by atoms with E-state index in [4.69, 9.17) is 5.73 Å². The second kappa shape index (κ2) is 3.14. The zero-order valence-electron chi connectivity index (χ0n) is 6.12. The van der Waals surface area contributed by atoms with Crippen LogP contribution in [0.4, 0.5) is 13.2 Å². The Balaban J connectivity index is 2.84. The number of hydrogen-bond acceptors (Lipinski definition) is 2. The van der Waals surface area contributed by atoms with Gasteiger partial charge in [0.15, 0.2) is 6.04 Å². The summed E-state index contributed by atoms with van der Waals surface area (Å²) in [4.78, 5) is 0. The minimum Gasteiger partial charge on any atom is -0.328 e. The highest BCUT2D eigenvalue weighted by Crippen LogP contribution is 2.28. The van der Waals surface area contributed by atoms with Gasteiger partial charge in [-0.15, -0.1) is 0 Å². The summed E-state index contributed by atoms with van der Waals surface area (Å²) >= 11 is 0. The Labute approximate surface area is 67.0 Å². The average molecular weight is 179 g/mol. The highest BCUT2D eigenvalue weighted by atomic mass is 19.4. The lowest BCUT2D eigenvalue weighted by atomic mass is 10.3. The van der Waals surface area contributed by atoms with Crippen LogP contribution < -0.4 is 5.73 Å². The molecule has 0 radical (unpaired) electrons. The monoisotopic (exact) mass is 179 g/mol. The molecule has 12 heavy (non-hydrogen) atoms. The first-order valence-electron chi connectivity index (χ1n) is 3.31. The Bertz CT molecular complexity index is 229. The third kappa shape index (κ3) is 1.76. The summed E-state index contributed by atoms with van der Waals surface area (Å²) in [6.45, 7) is -0.495. The van der Waals surface area contributed by atoms with Crippen LogP contribution in [0.3, 0.4) is 0 Å². The molecule has 1 aromatic heterocycles. The van der Waals surface area contributed by atoms with Gasteiger partial charge in [-0.2, -0.15) is 18.3 Å². The summed E-state index contributed by atoms with van der Waals surface area (Å²) < 4.78 is 37.2. The third-order valence-electron chi connectivity index (χ3n) is 1.45. The maximum atomic E-state index is 12.1. The maximum Gasteiger partial charge on any atom is 0.412 e. The molecule has 2 N–H and O–H groups in total. The molecule has 0 aliphatic carbocycles. The highest BCUT2D eigenvalue weighted by molar-refractivity contribution is 4.84. The molecule has 1 aromatic rings. The van der Waals surface area contributed by atoms with Gasteiger partial charge >= 0.3 is 6.18 Å². The van der Waals surface area contributed by atoms with E-state index in [0.717, 1.165) is 4.68 Å². The fraction of sp³-hybridized carbons (Fsp3) is 0.500. The van der Waals surface area contributed by atoms with E-state index in [0.29, 0.717) is 0 Å². The summed E-state index contributed by atoms with van der Waals surface area (Å²) in [6.07, 6.45) is -1.81. The molecule has 1 heterocycles. The molecule has 0 unspecified atom stereocenters. The first-order valence-corrected chi connectivity index (χ1v) is 3.31. The van der Waals surface area contributed by atoms with Gasteiger partial charge in [-0.1, -0.05) is 0 Å². The van der Waals surface area contributed by atoms with E-state index in [2.05, 4.69) is 5.10 Å². The lowest BCUT2D eigenvalue weighted by Gasteiger charge is -2.18. The molecule has 0 saturated heterocycles. The fourth-order valence-electron chi connectivity index (χ4n) is 0.857. The number of aromatic nitrogens is 2. The zero-order chi connectivity index (χ0) is 9.19. The molecule has 1 atom stereocenters. The van der Waals surface area contributed by atoms with Crippen LogP contribution >= 0.6 is 0 Å². The van der Waals surface area contributed by atoms with Gasteiger partial charge in [0, 0.05) is 18.9 Å². The van der Waals surface area contributed by atoms with Crippen molar-refractivity contribution in [1.82, 2.24) is 9.78 Å². The van der Waals surface area contributed by atoms with E-state index < -0.39 is 18.8 Å². The van der Waals surface area contributed by atoms with Crippen molar-refractivity contribution in [2.24, 2.45) is 5.73 Å². The summed E-state index contributed by atoms with van der Waals surface area (Å²) in [5.41, 5.74) is 4.97. The minimum absolute atomic E-state index is 0.495. The van der Waals surface area contributed by atoms with E-state index in [1.54, 1.807) is 0 Å². The van der Waals surface area contributed by atoms with Crippen LogP contribution in [-0.2, 0) is 0 Å². The van der Waals surface area contributed by atoms with E-state index >= 15 is 0 Å². The summed E-state index contributed by atoms with van der Waals surface area (Å²) in [6, 6.07) is -0.290. The second-order valence-corrected chi connectivity index (χ2v) is 2.28. The number of halogens is 3. The quantitative estimate of drug-likeness (QED) is 0.734. The number of alkyl halides is 3. The predicted octanol–water partition coefficient (Wildman–Crippen LogP) is 0.945. The number of nitrogens with two attached hydrogens (primary N) is 1. The lowest BCUT2D eigenvalue weighted by molar-refractivity contribution is -0.167. The van der Waals surface area contributed by atoms with Crippen LogP contribution in [0.1, 0.15) is 6.04 Å². The van der Waals surface area contributed by atoms with Crippen molar-refractivity contribution in [2.45, 2.75) is 12.2 Å². The van der Waals surface area contributed by atoms with Crippen LogP contribution in [0.15, 0.2) is 18.5 Å². The van der Waals surface area contributed by atoms with Crippen molar-refractivity contribution in [3.8, 4) is 0 Å². The molecule has 0 amide bonds. The average Bonchev–Trinajstić information content (AvgIpc) is 2.38. The highest BCUT2D eigenvalue weighted by Gasteiger charge is 2.40. The second-order valence-electron chi connectivity index (χ2n) is 2.28. The number of hydrogen-bond donors (Lipinski definition) is 1. The SMILES string of the molecule is NC[C@H](n1cccn1)C(F)(F)F. The molecule has 0 spiro atoms. The normalized spacial score (nSPS) is 14.7. The molecule has 68 valence electrons. The molecule has 0 aliphatic heterocycles. The van der Waals surface area contributed by atoms with Gasteiger partial charge in [-0.3, -0.25) is 4.68 Å². The fourth-order valence-corrected chi connectivity index (χ4v) is 0.857. The molecule has 0 aliphatic rings. The summed E-state index contributed by atoms with van der Waals surface area (Å²) in [5.74, 6) is 0. The molecule has 1 rings (SSSR count). The van der Waals surface area contributed by atoms with Crippen molar-refractivity contribution in [3.63, 3.8) is 0 Å². The topological polar surface area (TPSA) is 43.8 Å². The number of nitrogens with zero attached hydrogens (tertiary/aromatic N) is 2. The molecule has 3 nitrogen and oxygen atoms in total. The first-order chi connectivity index (χ1) is 5.55. The molecule has 0 saturated carbocycles. The van der Waals surface area contributed by atoms with Crippen LogP contribution in [0.5, 0.6) is 0 Å². The smallest absolute Gasteiger partial charge is 0.328 e. The van der Waals surface area contributed by atoms with Gasteiger partial charge in [-0.05, 0) is 6.07 Å². The van der Waals surface area contributed by atoms with Crippen LogP contribution in [0.25, 0.3) is 0 Å². The Kier molecular flexibility index (Phi) is 2.37. The Morgan fingerprint density at radius 1 is 1.50 bits per heavy atom. The largest absolute Gasteiger partial charge is 0.412 e. The van der Waals surface area contributed by atoms with Crippen molar-refractivity contribution in [2.75, 3.05) is 6.54 Å². The van der Waals surface area contributed by atoms with Gasteiger partial charge < -0.3 is 5.73 Å². The molecule has 0 aromatic carbocycles. The Morgan fingerprint density at radius 2 is 2.17 bits per heavy atom. The third-order valence-corrected chi connectivity index (χ3v) is 1.45. The van der Waals surface area contributed by atoms with E-state index in [-0.39, 0.29) is 0 Å². The summed E-state index contributed by atoms with van der Waals surface area (Å²) in [5, 5.41) is 3.47. The van der Waals surface area contributed by atoms with Crippen LogP contribution in [0.2, 0.25) is 0 Å². The molecular weight excluding hydrogens is 171 g/mol. The zero-order valence-corrected chi connectivity index (χ0v) is 6.12.